The molecule has 20 heavy (non-hydrogen) atoms. The molecule has 110 valence electrons. The summed E-state index contributed by atoms with van der Waals surface area (Å²) in [7, 11) is -3.66. The Morgan fingerprint density at radius 1 is 1.50 bits per heavy atom. The Morgan fingerprint density at radius 3 is 2.85 bits per heavy atom. The first-order valence-electron chi connectivity index (χ1n) is 6.31. The fourth-order valence-corrected chi connectivity index (χ4v) is 4.74. The number of carboxylic acids is 1. The van der Waals surface area contributed by atoms with Gasteiger partial charge in [-0.2, -0.15) is 11.8 Å². The molecule has 2 rings (SSSR count). The molecule has 0 aromatic heterocycles. The molecule has 0 spiro atoms. The quantitative estimate of drug-likeness (QED) is 0.864. The van der Waals surface area contributed by atoms with Gasteiger partial charge in [-0.05, 0) is 48.5 Å². The second kappa shape index (κ2) is 6.15. The minimum absolute atomic E-state index is 0.0209. The van der Waals surface area contributed by atoms with Crippen molar-refractivity contribution in [3.05, 3.63) is 29.3 Å². The zero-order chi connectivity index (χ0) is 14.8. The highest BCUT2D eigenvalue weighted by atomic mass is 32.2. The van der Waals surface area contributed by atoms with Crippen LogP contribution in [0.3, 0.4) is 0 Å². The smallest absolute Gasteiger partial charge is 0.335 e. The van der Waals surface area contributed by atoms with Crippen LogP contribution in [-0.4, -0.2) is 37.5 Å². The zero-order valence-corrected chi connectivity index (χ0v) is 12.8. The molecule has 7 heteroatoms. The van der Waals surface area contributed by atoms with E-state index in [4.69, 9.17) is 5.11 Å². The maximum atomic E-state index is 12.3. The highest BCUT2D eigenvalue weighted by Crippen LogP contribution is 2.23. The van der Waals surface area contributed by atoms with E-state index in [1.807, 2.05) is 11.8 Å². The Kier molecular flexibility index (Phi) is 4.72. The van der Waals surface area contributed by atoms with Gasteiger partial charge < -0.3 is 5.11 Å². The third-order valence-electron chi connectivity index (χ3n) is 3.31. The third-order valence-corrected chi connectivity index (χ3v) is 6.11. The van der Waals surface area contributed by atoms with Gasteiger partial charge in [-0.25, -0.2) is 17.9 Å². The van der Waals surface area contributed by atoms with Crippen LogP contribution in [0.15, 0.2) is 23.1 Å². The van der Waals surface area contributed by atoms with Crippen LogP contribution in [0.2, 0.25) is 0 Å². The van der Waals surface area contributed by atoms with Crippen LogP contribution >= 0.6 is 11.8 Å². The summed E-state index contributed by atoms with van der Waals surface area (Å²) in [5, 5.41) is 8.95. The van der Waals surface area contributed by atoms with Crippen molar-refractivity contribution in [1.82, 2.24) is 4.72 Å². The van der Waals surface area contributed by atoms with Crippen LogP contribution in [0.4, 0.5) is 0 Å². The Bertz CT molecular complexity index is 607. The van der Waals surface area contributed by atoms with E-state index in [1.54, 1.807) is 6.92 Å². The van der Waals surface area contributed by atoms with E-state index in [0.29, 0.717) is 18.0 Å². The van der Waals surface area contributed by atoms with Crippen LogP contribution in [0.25, 0.3) is 0 Å². The predicted octanol–water partition coefficient (Wildman–Crippen LogP) is 1.72. The molecular formula is C13H17NO4S2. The lowest BCUT2D eigenvalue weighted by Crippen LogP contribution is -2.30. The Labute approximate surface area is 122 Å². The first kappa shape index (κ1) is 15.3. The number of thioether (sulfide) groups is 1. The number of sulfonamides is 1. The largest absolute Gasteiger partial charge is 0.478 e. The summed E-state index contributed by atoms with van der Waals surface area (Å²) >= 11 is 1.83. The molecule has 2 N–H and O–H groups in total. The lowest BCUT2D eigenvalue weighted by Gasteiger charge is -2.13. The second-order valence-corrected chi connectivity index (χ2v) is 7.75. The van der Waals surface area contributed by atoms with Crippen molar-refractivity contribution < 1.29 is 18.3 Å². The predicted molar refractivity (Wildman–Crippen MR) is 78.8 cm³/mol. The summed E-state index contributed by atoms with van der Waals surface area (Å²) in [6, 6.07) is 4.14. The molecule has 0 radical (unpaired) electrons. The van der Waals surface area contributed by atoms with E-state index >= 15 is 0 Å². The minimum Gasteiger partial charge on any atom is -0.478 e. The maximum Gasteiger partial charge on any atom is 0.335 e. The van der Waals surface area contributed by atoms with Crippen molar-refractivity contribution in [2.75, 3.05) is 18.1 Å². The van der Waals surface area contributed by atoms with Crippen molar-refractivity contribution in [3.63, 3.8) is 0 Å². The molecule has 1 aliphatic rings. The molecule has 1 fully saturated rings. The van der Waals surface area contributed by atoms with E-state index in [2.05, 4.69) is 4.72 Å². The van der Waals surface area contributed by atoms with Gasteiger partial charge in [0.25, 0.3) is 0 Å². The van der Waals surface area contributed by atoms with E-state index in [1.165, 1.54) is 18.2 Å². The summed E-state index contributed by atoms with van der Waals surface area (Å²) in [6.07, 6.45) is 1.02. The number of carbonyl (C=O) groups is 1. The van der Waals surface area contributed by atoms with E-state index in [9.17, 15) is 13.2 Å². The van der Waals surface area contributed by atoms with Crippen molar-refractivity contribution in [2.45, 2.75) is 18.2 Å². The average Bonchev–Trinajstić information content (AvgIpc) is 2.89. The van der Waals surface area contributed by atoms with Crippen LogP contribution < -0.4 is 4.72 Å². The van der Waals surface area contributed by atoms with Crippen molar-refractivity contribution in [3.8, 4) is 0 Å². The summed E-state index contributed by atoms with van der Waals surface area (Å²) in [4.78, 5) is 11.0. The first-order chi connectivity index (χ1) is 9.40. The van der Waals surface area contributed by atoms with Crippen molar-refractivity contribution in [2.24, 2.45) is 5.92 Å². The summed E-state index contributed by atoms with van der Waals surface area (Å²) in [6.45, 7) is 2.07. The van der Waals surface area contributed by atoms with Crippen LogP contribution in [0, 0.1) is 12.8 Å². The molecule has 1 unspecified atom stereocenters. The van der Waals surface area contributed by atoms with Gasteiger partial charge in [0.1, 0.15) is 0 Å². The van der Waals surface area contributed by atoms with Crippen molar-refractivity contribution in [1.29, 1.82) is 0 Å². The van der Waals surface area contributed by atoms with Gasteiger partial charge in [-0.3, -0.25) is 0 Å². The molecule has 0 amide bonds. The fraction of sp³-hybridized carbons (Fsp3) is 0.462. The number of hydrogen-bond donors (Lipinski definition) is 2. The average molecular weight is 315 g/mol. The highest BCUT2D eigenvalue weighted by Gasteiger charge is 2.22. The lowest BCUT2D eigenvalue weighted by molar-refractivity contribution is 0.0696. The number of rotatable bonds is 5. The highest BCUT2D eigenvalue weighted by molar-refractivity contribution is 7.99. The summed E-state index contributed by atoms with van der Waals surface area (Å²) < 4.78 is 27.1. The number of aryl methyl sites for hydroxylation is 1. The van der Waals surface area contributed by atoms with Gasteiger partial charge in [0.2, 0.25) is 10.0 Å². The summed E-state index contributed by atoms with van der Waals surface area (Å²) in [5.41, 5.74) is 0.524. The standard InChI is InChI=1S/C13H17NO4S2/c1-9-2-3-11(13(15)16)6-12(9)20(17,18)14-7-10-4-5-19-8-10/h2-3,6,10,14H,4-5,7-8H2,1H3,(H,15,16). The van der Waals surface area contributed by atoms with Gasteiger partial charge in [0.05, 0.1) is 10.5 Å². The molecule has 1 aromatic rings. The summed E-state index contributed by atoms with van der Waals surface area (Å²) in [5.74, 6) is 1.27. The van der Waals surface area contributed by atoms with Crippen LogP contribution in [0.5, 0.6) is 0 Å². The minimum atomic E-state index is -3.66. The molecule has 1 atom stereocenters. The molecule has 0 aliphatic carbocycles. The second-order valence-electron chi connectivity index (χ2n) is 4.87. The fourth-order valence-electron chi connectivity index (χ4n) is 2.07. The molecule has 0 saturated carbocycles. The number of aromatic carboxylic acids is 1. The molecule has 1 heterocycles. The third kappa shape index (κ3) is 3.53. The van der Waals surface area contributed by atoms with Crippen molar-refractivity contribution >= 4 is 27.8 Å². The Morgan fingerprint density at radius 2 is 2.25 bits per heavy atom. The first-order valence-corrected chi connectivity index (χ1v) is 8.95. The number of nitrogens with one attached hydrogen (secondary N) is 1. The van der Waals surface area contributed by atoms with Gasteiger partial charge in [0, 0.05) is 6.54 Å². The van der Waals surface area contributed by atoms with E-state index in [-0.39, 0.29) is 10.5 Å². The molecular weight excluding hydrogens is 298 g/mol. The topological polar surface area (TPSA) is 83.5 Å². The van der Waals surface area contributed by atoms with Gasteiger partial charge in [-0.15, -0.1) is 0 Å². The number of benzene rings is 1. The Balaban J connectivity index is 2.19. The monoisotopic (exact) mass is 315 g/mol. The maximum absolute atomic E-state index is 12.3. The number of hydrogen-bond acceptors (Lipinski definition) is 4. The van der Waals surface area contributed by atoms with Gasteiger partial charge in [0.15, 0.2) is 0 Å². The SMILES string of the molecule is Cc1ccc(C(=O)O)cc1S(=O)(=O)NCC1CCSC1. The normalized spacial score (nSPS) is 19.1. The van der Waals surface area contributed by atoms with Gasteiger partial charge >= 0.3 is 5.97 Å². The molecule has 5 nitrogen and oxygen atoms in total. The zero-order valence-electron chi connectivity index (χ0n) is 11.1. The molecule has 1 saturated heterocycles. The van der Waals surface area contributed by atoms with E-state index in [0.717, 1.165) is 17.9 Å². The number of carboxylic acid groups (broad SMARTS) is 1. The Hall–Kier alpha value is -1.05. The van der Waals surface area contributed by atoms with E-state index < -0.39 is 16.0 Å². The van der Waals surface area contributed by atoms with Gasteiger partial charge in [-0.1, -0.05) is 6.07 Å². The van der Waals surface area contributed by atoms with Crippen LogP contribution in [0.1, 0.15) is 22.3 Å². The molecule has 0 bridgehead atoms. The lowest BCUT2D eigenvalue weighted by atomic mass is 10.1. The molecule has 1 aliphatic heterocycles. The van der Waals surface area contributed by atoms with Crippen LogP contribution in [-0.2, 0) is 10.0 Å². The molecule has 1 aromatic carbocycles.